The normalized spacial score (nSPS) is 9.75. The molecule has 0 atom stereocenters. The molecule has 0 saturated carbocycles. The summed E-state index contributed by atoms with van der Waals surface area (Å²) in [5.74, 6) is 0. The average Bonchev–Trinajstić information content (AvgIpc) is 1.98. The second kappa shape index (κ2) is 1.91. The zero-order chi connectivity index (χ0) is 6.15. The van der Waals surface area contributed by atoms with Crippen molar-refractivity contribution >= 4 is 23.1 Å². The van der Waals surface area contributed by atoms with E-state index in [2.05, 4.69) is 4.37 Å². The van der Waals surface area contributed by atoms with E-state index in [9.17, 15) is 0 Å². The lowest BCUT2D eigenvalue weighted by Crippen LogP contribution is -1.64. The largest absolute Gasteiger partial charge is 0.497 e. The Morgan fingerprint density at radius 2 is 2.38 bits per heavy atom. The van der Waals surface area contributed by atoms with Crippen LogP contribution in [0.25, 0.3) is 0 Å². The van der Waals surface area contributed by atoms with E-state index in [1.54, 1.807) is 6.92 Å². The molecule has 1 rings (SSSR count). The van der Waals surface area contributed by atoms with Crippen molar-refractivity contribution < 1.29 is 5.11 Å². The summed E-state index contributed by atoms with van der Waals surface area (Å²) in [6.07, 6.45) is 0. The second-order valence-electron chi connectivity index (χ2n) is 1.39. The van der Waals surface area contributed by atoms with Crippen LogP contribution in [0.5, 0.6) is 5.06 Å². The van der Waals surface area contributed by atoms with E-state index in [1.165, 1.54) is 0 Å². The van der Waals surface area contributed by atoms with E-state index in [0.717, 1.165) is 11.5 Å². The van der Waals surface area contributed by atoms with Gasteiger partial charge in [0.1, 0.15) is 5.02 Å². The molecule has 1 heterocycles. The van der Waals surface area contributed by atoms with Crippen LogP contribution in [-0.2, 0) is 0 Å². The zero-order valence-electron chi connectivity index (χ0n) is 4.18. The van der Waals surface area contributed by atoms with Gasteiger partial charge in [0, 0.05) is 11.5 Å². The summed E-state index contributed by atoms with van der Waals surface area (Å²) >= 11 is 6.50. The maximum Gasteiger partial charge on any atom is 0.210 e. The minimum Gasteiger partial charge on any atom is -0.497 e. The third-order valence-corrected chi connectivity index (χ3v) is 2.08. The van der Waals surface area contributed by atoms with Gasteiger partial charge in [-0.3, -0.25) is 0 Å². The third-order valence-electron chi connectivity index (χ3n) is 0.774. The standard InChI is InChI=1S/C4H4ClNOS/c1-2-3(5)4(7)8-6-2/h7H,1H3. The van der Waals surface area contributed by atoms with E-state index in [1.807, 2.05) is 0 Å². The number of aryl methyl sites for hydroxylation is 1. The molecule has 1 aromatic rings. The molecule has 44 valence electrons. The van der Waals surface area contributed by atoms with Gasteiger partial charge in [0.15, 0.2) is 0 Å². The summed E-state index contributed by atoms with van der Waals surface area (Å²) in [7, 11) is 0. The van der Waals surface area contributed by atoms with Gasteiger partial charge in [-0.2, -0.15) is 4.37 Å². The number of hydrogen-bond donors (Lipinski definition) is 1. The van der Waals surface area contributed by atoms with Gasteiger partial charge >= 0.3 is 0 Å². The fraction of sp³-hybridized carbons (Fsp3) is 0.250. The summed E-state index contributed by atoms with van der Waals surface area (Å²) in [6, 6.07) is 0. The molecule has 0 unspecified atom stereocenters. The van der Waals surface area contributed by atoms with Crippen molar-refractivity contribution in [2.24, 2.45) is 0 Å². The molecule has 0 aromatic carbocycles. The third kappa shape index (κ3) is 0.788. The first-order valence-corrected chi connectivity index (χ1v) is 3.17. The Kier molecular flexibility index (Phi) is 1.40. The maximum absolute atomic E-state index is 8.76. The Labute approximate surface area is 55.9 Å². The summed E-state index contributed by atoms with van der Waals surface area (Å²) in [5.41, 5.74) is 0.689. The SMILES string of the molecule is Cc1nsc(O)c1Cl. The Hall–Kier alpha value is -0.280. The van der Waals surface area contributed by atoms with Crippen LogP contribution in [0.4, 0.5) is 0 Å². The lowest BCUT2D eigenvalue weighted by atomic mass is 10.5. The van der Waals surface area contributed by atoms with Crippen LogP contribution in [0.3, 0.4) is 0 Å². The first kappa shape index (κ1) is 5.85. The van der Waals surface area contributed by atoms with Gasteiger partial charge in [-0.1, -0.05) is 11.6 Å². The molecule has 0 aliphatic heterocycles. The molecule has 0 bridgehead atoms. The monoisotopic (exact) mass is 149 g/mol. The van der Waals surface area contributed by atoms with Crippen LogP contribution in [0.1, 0.15) is 5.69 Å². The second-order valence-corrected chi connectivity index (χ2v) is 2.52. The van der Waals surface area contributed by atoms with Gasteiger partial charge in [0.25, 0.3) is 0 Å². The van der Waals surface area contributed by atoms with E-state index < -0.39 is 0 Å². The highest BCUT2D eigenvalue weighted by atomic mass is 35.5. The molecular formula is C4H4ClNOS. The van der Waals surface area contributed by atoms with E-state index in [4.69, 9.17) is 16.7 Å². The molecule has 0 radical (unpaired) electrons. The molecule has 1 aromatic heterocycles. The van der Waals surface area contributed by atoms with Crippen LogP contribution in [-0.4, -0.2) is 9.48 Å². The Balaban J connectivity index is 3.19. The van der Waals surface area contributed by atoms with Gasteiger partial charge in [-0.05, 0) is 6.92 Å². The zero-order valence-corrected chi connectivity index (χ0v) is 5.75. The number of aromatic nitrogens is 1. The highest BCUT2D eigenvalue weighted by Crippen LogP contribution is 2.29. The minimum absolute atomic E-state index is 0.101. The Morgan fingerprint density at radius 1 is 1.75 bits per heavy atom. The van der Waals surface area contributed by atoms with Crippen LogP contribution in [0, 0.1) is 6.92 Å². The predicted molar refractivity (Wildman–Crippen MR) is 33.5 cm³/mol. The Bertz CT molecular complexity index is 178. The quantitative estimate of drug-likeness (QED) is 0.611. The maximum atomic E-state index is 8.76. The highest BCUT2D eigenvalue weighted by molar-refractivity contribution is 7.08. The molecule has 0 spiro atoms. The molecule has 0 aliphatic carbocycles. The Morgan fingerprint density at radius 3 is 2.50 bits per heavy atom. The predicted octanol–water partition coefficient (Wildman–Crippen LogP) is 1.81. The molecule has 0 saturated heterocycles. The summed E-state index contributed by atoms with van der Waals surface area (Å²) < 4.78 is 3.78. The molecular weight excluding hydrogens is 146 g/mol. The minimum atomic E-state index is 0.101. The molecule has 0 fully saturated rings. The number of halogens is 1. The van der Waals surface area contributed by atoms with Crippen LogP contribution >= 0.6 is 23.1 Å². The molecule has 0 amide bonds. The van der Waals surface area contributed by atoms with E-state index in [0.29, 0.717) is 10.7 Å². The van der Waals surface area contributed by atoms with Crippen molar-refractivity contribution in [3.8, 4) is 5.06 Å². The van der Waals surface area contributed by atoms with Crippen LogP contribution in [0.15, 0.2) is 0 Å². The number of nitrogens with zero attached hydrogens (tertiary/aromatic N) is 1. The number of aromatic hydroxyl groups is 1. The van der Waals surface area contributed by atoms with Gasteiger partial charge in [0.05, 0.1) is 5.69 Å². The van der Waals surface area contributed by atoms with Gasteiger partial charge in [-0.15, -0.1) is 0 Å². The van der Waals surface area contributed by atoms with Crippen molar-refractivity contribution in [3.63, 3.8) is 0 Å². The van der Waals surface area contributed by atoms with Crippen molar-refractivity contribution in [2.45, 2.75) is 6.92 Å². The summed E-state index contributed by atoms with van der Waals surface area (Å²) in [4.78, 5) is 0. The molecule has 8 heavy (non-hydrogen) atoms. The molecule has 4 heteroatoms. The average molecular weight is 150 g/mol. The molecule has 2 nitrogen and oxygen atoms in total. The topological polar surface area (TPSA) is 33.1 Å². The summed E-state index contributed by atoms with van der Waals surface area (Å²) in [5, 5.41) is 9.24. The summed E-state index contributed by atoms with van der Waals surface area (Å²) in [6.45, 7) is 1.75. The lowest BCUT2D eigenvalue weighted by Gasteiger charge is -1.79. The van der Waals surface area contributed by atoms with E-state index in [-0.39, 0.29) is 5.06 Å². The molecule has 1 N–H and O–H groups in total. The first-order valence-electron chi connectivity index (χ1n) is 2.02. The van der Waals surface area contributed by atoms with Crippen LogP contribution in [0.2, 0.25) is 5.02 Å². The lowest BCUT2D eigenvalue weighted by molar-refractivity contribution is 0.491. The number of hydrogen-bond acceptors (Lipinski definition) is 3. The molecule has 0 aliphatic rings. The van der Waals surface area contributed by atoms with Crippen molar-refractivity contribution in [2.75, 3.05) is 0 Å². The van der Waals surface area contributed by atoms with Gasteiger partial charge in [-0.25, -0.2) is 0 Å². The van der Waals surface area contributed by atoms with Gasteiger partial charge in [0.2, 0.25) is 5.06 Å². The van der Waals surface area contributed by atoms with Crippen molar-refractivity contribution in [1.29, 1.82) is 0 Å². The smallest absolute Gasteiger partial charge is 0.210 e. The van der Waals surface area contributed by atoms with Crippen molar-refractivity contribution in [3.05, 3.63) is 10.7 Å². The fourth-order valence-corrected chi connectivity index (χ4v) is 1.09. The number of rotatable bonds is 0. The van der Waals surface area contributed by atoms with Crippen molar-refractivity contribution in [1.82, 2.24) is 4.37 Å². The van der Waals surface area contributed by atoms with Gasteiger partial charge < -0.3 is 5.11 Å². The van der Waals surface area contributed by atoms with E-state index >= 15 is 0 Å². The fourth-order valence-electron chi connectivity index (χ4n) is 0.347. The van der Waals surface area contributed by atoms with Crippen LogP contribution < -0.4 is 0 Å². The first-order chi connectivity index (χ1) is 3.72. The highest BCUT2D eigenvalue weighted by Gasteiger charge is 2.03.